The van der Waals surface area contributed by atoms with Crippen LogP contribution in [0.5, 0.6) is 0 Å². The minimum atomic E-state index is 0.0743. The lowest BCUT2D eigenvalue weighted by Gasteiger charge is -2.31. The second kappa shape index (κ2) is 5.96. The molecule has 1 unspecified atom stereocenters. The molecule has 5 heterocycles. The Balaban J connectivity index is 1.43. The molecule has 1 saturated heterocycles. The number of hydrogen-bond donors (Lipinski definition) is 1. The van der Waals surface area contributed by atoms with Crippen molar-refractivity contribution >= 4 is 27.2 Å². The molecule has 1 atom stereocenters. The summed E-state index contributed by atoms with van der Waals surface area (Å²) in [5.74, 6) is 0. The third kappa shape index (κ3) is 2.73. The molecule has 0 amide bonds. The van der Waals surface area contributed by atoms with Gasteiger partial charge in [0.25, 0.3) is 5.56 Å². The van der Waals surface area contributed by atoms with Crippen LogP contribution in [0.2, 0.25) is 0 Å². The van der Waals surface area contributed by atoms with Gasteiger partial charge in [0.05, 0.1) is 17.4 Å². The third-order valence-corrected chi connectivity index (χ3v) is 7.36. The van der Waals surface area contributed by atoms with Gasteiger partial charge in [0, 0.05) is 17.8 Å². The van der Waals surface area contributed by atoms with Crippen LogP contribution in [-0.2, 0) is 0 Å². The molecule has 29 heavy (non-hydrogen) atoms. The molecule has 7 nitrogen and oxygen atoms in total. The van der Waals surface area contributed by atoms with E-state index in [-0.39, 0.29) is 17.1 Å². The van der Waals surface area contributed by atoms with E-state index >= 15 is 0 Å². The Hall–Kier alpha value is -2.58. The van der Waals surface area contributed by atoms with Crippen molar-refractivity contribution in [3.63, 3.8) is 0 Å². The summed E-state index contributed by atoms with van der Waals surface area (Å²) in [6.07, 6.45) is 8.34. The number of hydrogen-bond acceptors (Lipinski definition) is 6. The second-order valence-corrected chi connectivity index (χ2v) is 9.48. The number of aromatic nitrogens is 5. The molecule has 0 aromatic carbocycles. The molecule has 0 radical (unpaired) electrons. The standard InChI is InChI=1S/C21H22N6OS/c1-12-9-16(25-27-11-13(2)23-18(12)27)19-24-15-4-8-26(20(28)17(15)29-19)14-3-7-22-21(10-14)5-6-21/h4,8-9,11,14,22H,3,5-7,10H2,1-2H3. The van der Waals surface area contributed by atoms with Crippen LogP contribution in [-0.4, -0.2) is 36.2 Å². The van der Waals surface area contributed by atoms with Crippen LogP contribution in [0.4, 0.5) is 0 Å². The lowest BCUT2D eigenvalue weighted by atomic mass is 9.97. The first kappa shape index (κ1) is 17.3. The van der Waals surface area contributed by atoms with Crippen molar-refractivity contribution < 1.29 is 0 Å². The summed E-state index contributed by atoms with van der Waals surface area (Å²) in [5, 5.41) is 9.08. The van der Waals surface area contributed by atoms with Gasteiger partial charge in [0.2, 0.25) is 0 Å². The third-order valence-electron chi connectivity index (χ3n) is 6.27. The summed E-state index contributed by atoms with van der Waals surface area (Å²) < 4.78 is 4.45. The van der Waals surface area contributed by atoms with E-state index in [2.05, 4.69) is 15.4 Å². The second-order valence-electron chi connectivity index (χ2n) is 8.48. The molecule has 4 aromatic heterocycles. The Bertz CT molecular complexity index is 1330. The molecule has 2 fully saturated rings. The highest BCUT2D eigenvalue weighted by Gasteiger charge is 2.46. The number of thiazole rings is 1. The number of aryl methyl sites for hydroxylation is 2. The summed E-state index contributed by atoms with van der Waals surface area (Å²) >= 11 is 1.44. The first-order valence-electron chi connectivity index (χ1n) is 10.1. The summed E-state index contributed by atoms with van der Waals surface area (Å²) in [4.78, 5) is 22.5. The fraction of sp³-hybridized carbons (Fsp3) is 0.429. The number of nitrogens with zero attached hydrogens (tertiary/aromatic N) is 5. The van der Waals surface area contributed by atoms with Crippen molar-refractivity contribution in [1.29, 1.82) is 0 Å². The van der Waals surface area contributed by atoms with Gasteiger partial charge < -0.3 is 9.88 Å². The van der Waals surface area contributed by atoms with Gasteiger partial charge in [-0.2, -0.15) is 5.10 Å². The Morgan fingerprint density at radius 1 is 1.28 bits per heavy atom. The maximum atomic E-state index is 13.3. The monoisotopic (exact) mass is 406 g/mol. The normalized spacial score (nSPS) is 20.7. The zero-order valence-corrected chi connectivity index (χ0v) is 17.3. The van der Waals surface area contributed by atoms with Crippen molar-refractivity contribution in [2.75, 3.05) is 6.54 Å². The fourth-order valence-electron chi connectivity index (χ4n) is 4.58. The Morgan fingerprint density at radius 2 is 2.14 bits per heavy atom. The van der Waals surface area contributed by atoms with Gasteiger partial charge in [0.1, 0.15) is 15.4 Å². The Morgan fingerprint density at radius 3 is 2.97 bits per heavy atom. The smallest absolute Gasteiger partial charge is 0.270 e. The quantitative estimate of drug-likeness (QED) is 0.553. The van der Waals surface area contributed by atoms with Crippen LogP contribution in [0.3, 0.4) is 0 Å². The number of pyridine rings is 1. The number of nitrogens with one attached hydrogen (secondary N) is 1. The molecule has 6 rings (SSSR count). The van der Waals surface area contributed by atoms with Crippen LogP contribution in [0, 0.1) is 13.8 Å². The molecule has 1 aliphatic heterocycles. The maximum absolute atomic E-state index is 13.3. The van der Waals surface area contributed by atoms with Crippen LogP contribution in [0.1, 0.15) is 43.0 Å². The Kier molecular flexibility index (Phi) is 3.56. The van der Waals surface area contributed by atoms with Crippen molar-refractivity contribution in [2.24, 2.45) is 0 Å². The largest absolute Gasteiger partial charge is 0.311 e. The molecule has 1 N–H and O–H groups in total. The predicted molar refractivity (Wildman–Crippen MR) is 114 cm³/mol. The molecule has 1 aliphatic carbocycles. The van der Waals surface area contributed by atoms with Gasteiger partial charge in [-0.3, -0.25) is 4.79 Å². The molecule has 8 heteroatoms. The molecule has 1 saturated carbocycles. The van der Waals surface area contributed by atoms with E-state index in [1.807, 2.05) is 42.9 Å². The molecule has 148 valence electrons. The number of rotatable bonds is 2. The highest BCUT2D eigenvalue weighted by molar-refractivity contribution is 7.21. The summed E-state index contributed by atoms with van der Waals surface area (Å²) in [6.45, 7) is 4.97. The van der Waals surface area contributed by atoms with Crippen LogP contribution in [0.15, 0.2) is 29.3 Å². The van der Waals surface area contributed by atoms with E-state index in [1.54, 1.807) is 4.52 Å². The number of imidazole rings is 1. The average molecular weight is 407 g/mol. The first-order valence-corrected chi connectivity index (χ1v) is 10.9. The van der Waals surface area contributed by atoms with E-state index in [4.69, 9.17) is 4.98 Å². The van der Waals surface area contributed by atoms with E-state index in [0.717, 1.165) is 52.5 Å². The van der Waals surface area contributed by atoms with Crippen molar-refractivity contribution in [2.45, 2.75) is 51.1 Å². The van der Waals surface area contributed by atoms with Gasteiger partial charge in [0.15, 0.2) is 5.65 Å². The minimum absolute atomic E-state index is 0.0743. The molecular weight excluding hydrogens is 384 g/mol. The van der Waals surface area contributed by atoms with Gasteiger partial charge in [-0.05, 0) is 63.8 Å². The molecule has 0 bridgehead atoms. The summed E-state index contributed by atoms with van der Waals surface area (Å²) in [7, 11) is 0. The number of fused-ring (bicyclic) bond motifs is 2. The van der Waals surface area contributed by atoms with E-state index in [0.29, 0.717) is 4.70 Å². The Labute approximate surface area is 171 Å². The van der Waals surface area contributed by atoms with E-state index < -0.39 is 0 Å². The van der Waals surface area contributed by atoms with E-state index in [1.165, 1.54) is 24.2 Å². The SMILES string of the molecule is Cc1cn2nc(-c3nc4ccn(C5CCNC6(CC6)C5)c(=O)c4s3)cc(C)c2n1. The van der Waals surface area contributed by atoms with Gasteiger partial charge >= 0.3 is 0 Å². The van der Waals surface area contributed by atoms with Crippen molar-refractivity contribution in [3.05, 3.63) is 46.1 Å². The topological polar surface area (TPSA) is 77.1 Å². The predicted octanol–water partition coefficient (Wildman–Crippen LogP) is 3.24. The molecular formula is C21H22N6OS. The van der Waals surface area contributed by atoms with Crippen LogP contribution in [0.25, 0.3) is 26.6 Å². The average Bonchev–Trinajstić information content (AvgIpc) is 3.13. The highest BCUT2D eigenvalue weighted by Crippen LogP contribution is 2.45. The lowest BCUT2D eigenvalue weighted by molar-refractivity contribution is 0.282. The molecule has 2 aliphatic rings. The van der Waals surface area contributed by atoms with Gasteiger partial charge in [-0.1, -0.05) is 0 Å². The van der Waals surface area contributed by atoms with Crippen molar-refractivity contribution in [3.8, 4) is 10.7 Å². The highest BCUT2D eigenvalue weighted by atomic mass is 32.1. The van der Waals surface area contributed by atoms with Crippen LogP contribution >= 0.6 is 11.3 Å². The van der Waals surface area contributed by atoms with Crippen LogP contribution < -0.4 is 10.9 Å². The first-order chi connectivity index (χ1) is 14.0. The van der Waals surface area contributed by atoms with Crippen molar-refractivity contribution in [1.82, 2.24) is 29.5 Å². The minimum Gasteiger partial charge on any atom is -0.311 e. The van der Waals surface area contributed by atoms with Gasteiger partial charge in [-0.25, -0.2) is 14.5 Å². The van der Waals surface area contributed by atoms with Gasteiger partial charge in [-0.15, -0.1) is 11.3 Å². The zero-order chi connectivity index (χ0) is 19.8. The summed E-state index contributed by atoms with van der Waals surface area (Å²) in [6, 6.07) is 4.25. The summed E-state index contributed by atoms with van der Waals surface area (Å²) in [5.41, 5.74) is 4.72. The maximum Gasteiger partial charge on any atom is 0.270 e. The fourth-order valence-corrected chi connectivity index (χ4v) is 5.53. The number of piperidine rings is 1. The zero-order valence-electron chi connectivity index (χ0n) is 16.5. The lowest BCUT2D eigenvalue weighted by Crippen LogP contribution is -2.42. The molecule has 4 aromatic rings. The van der Waals surface area contributed by atoms with E-state index in [9.17, 15) is 4.79 Å². The molecule has 1 spiro atoms.